The number of likely N-dealkylation sites (tertiary alicyclic amines) is 2. The Hall–Kier alpha value is -6.32. The van der Waals surface area contributed by atoms with E-state index in [1.165, 1.54) is 14.2 Å². The van der Waals surface area contributed by atoms with Crippen molar-refractivity contribution in [2.45, 2.75) is 102 Å². The molecule has 6 rings (SSSR count). The first-order valence-corrected chi connectivity index (χ1v) is 21.4. The number of carbonyl (C=O) groups is 6. The van der Waals surface area contributed by atoms with Crippen LogP contribution in [0, 0.1) is 11.8 Å². The van der Waals surface area contributed by atoms with Gasteiger partial charge >= 0.3 is 12.2 Å². The van der Waals surface area contributed by atoms with Crippen molar-refractivity contribution in [3.05, 3.63) is 83.9 Å². The van der Waals surface area contributed by atoms with E-state index in [9.17, 15) is 33.9 Å². The van der Waals surface area contributed by atoms with Gasteiger partial charge in [-0.25, -0.2) is 9.59 Å². The van der Waals surface area contributed by atoms with Gasteiger partial charge in [0.15, 0.2) is 0 Å². The van der Waals surface area contributed by atoms with E-state index in [0.717, 1.165) is 29.7 Å². The highest BCUT2D eigenvalue weighted by Gasteiger charge is 2.41. The summed E-state index contributed by atoms with van der Waals surface area (Å²) in [6, 6.07) is 19.5. The number of ether oxygens (including phenoxy) is 2. The Morgan fingerprint density at radius 2 is 0.968 bits per heavy atom. The molecule has 3 heterocycles. The minimum atomic E-state index is -0.824. The van der Waals surface area contributed by atoms with Crippen molar-refractivity contribution in [2.75, 3.05) is 42.8 Å². The molecule has 0 spiro atoms. The summed E-state index contributed by atoms with van der Waals surface area (Å²) in [6.45, 7) is 8.13. The minimum absolute atomic E-state index is 0.0406. The van der Waals surface area contributed by atoms with Crippen LogP contribution in [0.5, 0.6) is 5.75 Å². The number of phenolic OH excluding ortho intramolecular Hbond substituents is 1. The standard InChI is InChI=1S/C46H59N7O9/c1-27(2)39(49-45(59)61-5)43(57)51-25-7-9-37(51)41(55)47-31-15-11-29(12-16-31)35-23-24-36(53(35)33-19-21-34(54)22-20-33)30-13-17-32(18-14-30)48-42(56)38-10-8-26-52(38)44(58)40(28(3)4)50-46(60)62-6/h11-22,27-28,35-40,54H,7-10,23-26H2,1-6H3,(H,47,55)(H,48,56)(H,49,59)(H,50,60)/t35-,36-,37-,38-,39-,40-/m0/s1. The second-order valence-corrected chi connectivity index (χ2v) is 16.8. The number of hydrogen-bond donors (Lipinski definition) is 5. The summed E-state index contributed by atoms with van der Waals surface area (Å²) in [5, 5.41) is 21.4. The summed E-state index contributed by atoms with van der Waals surface area (Å²) in [4.78, 5) is 83.5. The highest BCUT2D eigenvalue weighted by Crippen LogP contribution is 2.47. The largest absolute Gasteiger partial charge is 0.508 e. The van der Waals surface area contributed by atoms with Crippen LogP contribution in [0.3, 0.4) is 0 Å². The first kappa shape index (κ1) is 45.2. The summed E-state index contributed by atoms with van der Waals surface area (Å²) in [6.07, 6.45) is 2.58. The maximum Gasteiger partial charge on any atom is 0.407 e. The molecule has 0 bridgehead atoms. The number of methoxy groups -OCH3 is 2. The summed E-state index contributed by atoms with van der Waals surface area (Å²) in [7, 11) is 2.48. The maximum absolute atomic E-state index is 13.6. The molecule has 0 saturated carbocycles. The number of nitrogens with one attached hydrogen (secondary N) is 4. The molecule has 5 N–H and O–H groups in total. The van der Waals surface area contributed by atoms with Crippen LogP contribution < -0.4 is 26.2 Å². The Bertz CT molecular complexity index is 1950. The fourth-order valence-corrected chi connectivity index (χ4v) is 8.84. The Balaban J connectivity index is 1.13. The zero-order chi connectivity index (χ0) is 44.7. The fourth-order valence-electron chi connectivity index (χ4n) is 8.84. The lowest BCUT2D eigenvalue weighted by molar-refractivity contribution is -0.139. The molecule has 16 heteroatoms. The molecule has 3 aliphatic rings. The molecular formula is C46H59N7O9. The molecule has 3 fully saturated rings. The Morgan fingerprint density at radius 3 is 1.32 bits per heavy atom. The third-order valence-corrected chi connectivity index (χ3v) is 12.1. The summed E-state index contributed by atoms with van der Waals surface area (Å²) < 4.78 is 9.44. The third-order valence-electron chi connectivity index (χ3n) is 12.1. The van der Waals surface area contributed by atoms with Gasteiger partial charge in [-0.15, -0.1) is 0 Å². The number of amides is 6. The topological polar surface area (TPSA) is 199 Å². The molecule has 332 valence electrons. The molecule has 6 amide bonds. The molecule has 0 unspecified atom stereocenters. The molecule has 3 saturated heterocycles. The summed E-state index contributed by atoms with van der Waals surface area (Å²) in [5.74, 6) is -1.49. The average molecular weight is 854 g/mol. The normalized spacial score (nSPS) is 20.7. The van der Waals surface area contributed by atoms with E-state index >= 15 is 0 Å². The zero-order valence-electron chi connectivity index (χ0n) is 36.3. The Kier molecular flexibility index (Phi) is 14.6. The number of rotatable bonds is 13. The molecule has 3 aromatic rings. The van der Waals surface area contributed by atoms with Crippen LogP contribution >= 0.6 is 0 Å². The van der Waals surface area contributed by atoms with Crippen molar-refractivity contribution in [1.82, 2.24) is 20.4 Å². The zero-order valence-corrected chi connectivity index (χ0v) is 36.3. The number of alkyl carbamates (subject to hydrolysis) is 2. The van der Waals surface area contributed by atoms with E-state index in [1.54, 1.807) is 21.9 Å². The second-order valence-electron chi connectivity index (χ2n) is 16.8. The van der Waals surface area contributed by atoms with Gasteiger partial charge in [0, 0.05) is 30.2 Å². The van der Waals surface area contributed by atoms with Gasteiger partial charge in [0.2, 0.25) is 23.6 Å². The average Bonchev–Trinajstić information content (AvgIpc) is 4.06. The van der Waals surface area contributed by atoms with Crippen molar-refractivity contribution in [2.24, 2.45) is 11.8 Å². The molecule has 62 heavy (non-hydrogen) atoms. The van der Waals surface area contributed by atoms with E-state index < -0.39 is 36.4 Å². The lowest BCUT2D eigenvalue weighted by Gasteiger charge is -2.33. The second kappa shape index (κ2) is 20.0. The van der Waals surface area contributed by atoms with E-state index in [0.29, 0.717) is 50.1 Å². The first-order valence-electron chi connectivity index (χ1n) is 21.4. The highest BCUT2D eigenvalue weighted by molar-refractivity contribution is 5.99. The van der Waals surface area contributed by atoms with E-state index in [-0.39, 0.29) is 53.3 Å². The minimum Gasteiger partial charge on any atom is -0.508 e. The number of hydrogen-bond acceptors (Lipinski definition) is 10. The van der Waals surface area contributed by atoms with Crippen LogP contribution in [-0.2, 0) is 28.7 Å². The van der Waals surface area contributed by atoms with Gasteiger partial charge in [-0.05, 0) is 110 Å². The van der Waals surface area contributed by atoms with Gasteiger partial charge in [-0.2, -0.15) is 0 Å². The number of benzene rings is 3. The lowest BCUT2D eigenvalue weighted by Crippen LogP contribution is -2.54. The van der Waals surface area contributed by atoms with E-state index in [4.69, 9.17) is 9.47 Å². The summed E-state index contributed by atoms with van der Waals surface area (Å²) >= 11 is 0. The molecule has 6 atom stereocenters. The van der Waals surface area contributed by atoms with Gasteiger partial charge in [-0.1, -0.05) is 52.0 Å². The Morgan fingerprint density at radius 1 is 0.581 bits per heavy atom. The van der Waals surface area contributed by atoms with Crippen LogP contribution in [0.25, 0.3) is 0 Å². The number of aromatic hydroxyl groups is 1. The molecule has 16 nitrogen and oxygen atoms in total. The smallest absolute Gasteiger partial charge is 0.407 e. The molecular weight excluding hydrogens is 795 g/mol. The first-order chi connectivity index (χ1) is 29.7. The van der Waals surface area contributed by atoms with Crippen LogP contribution in [0.2, 0.25) is 0 Å². The van der Waals surface area contributed by atoms with Crippen molar-refractivity contribution < 1.29 is 43.3 Å². The molecule has 0 radical (unpaired) electrons. The molecule has 0 aliphatic carbocycles. The van der Waals surface area contributed by atoms with Crippen molar-refractivity contribution >= 4 is 52.9 Å². The monoisotopic (exact) mass is 853 g/mol. The van der Waals surface area contributed by atoms with Crippen molar-refractivity contribution in [3.8, 4) is 5.75 Å². The highest BCUT2D eigenvalue weighted by atomic mass is 16.5. The number of anilines is 3. The Labute approximate surface area is 362 Å². The molecule has 3 aromatic carbocycles. The number of carbonyl (C=O) groups excluding carboxylic acids is 6. The van der Waals surface area contributed by atoms with Gasteiger partial charge in [0.25, 0.3) is 0 Å². The SMILES string of the molecule is COC(=O)N[C@H](C(=O)N1CCC[C@H]1C(=O)Nc1ccc([C@@H]2CC[C@@H](c3ccc(NC(=O)[C@@H]4CCCN4C(=O)[C@@H](NC(=O)OC)C(C)C)cc3)N2c2ccc(O)cc2)cc1)C(C)C. The van der Waals surface area contributed by atoms with Crippen LogP contribution in [0.1, 0.15) is 89.4 Å². The molecule has 3 aliphatic heterocycles. The van der Waals surface area contributed by atoms with Crippen molar-refractivity contribution in [3.63, 3.8) is 0 Å². The number of phenols is 1. The third kappa shape index (κ3) is 10.2. The van der Waals surface area contributed by atoms with E-state index in [2.05, 4.69) is 26.2 Å². The van der Waals surface area contributed by atoms with E-state index in [1.807, 2.05) is 88.4 Å². The predicted octanol–water partition coefficient (Wildman–Crippen LogP) is 6.10. The fraction of sp³-hybridized carbons (Fsp3) is 0.478. The summed E-state index contributed by atoms with van der Waals surface area (Å²) in [5.41, 5.74) is 4.18. The van der Waals surface area contributed by atoms with Gasteiger partial charge in [0.05, 0.1) is 26.3 Å². The maximum atomic E-state index is 13.6. The van der Waals surface area contributed by atoms with Crippen LogP contribution in [0.15, 0.2) is 72.8 Å². The number of nitrogens with zero attached hydrogens (tertiary/aromatic N) is 3. The van der Waals surface area contributed by atoms with Crippen molar-refractivity contribution in [1.29, 1.82) is 0 Å². The predicted molar refractivity (Wildman–Crippen MR) is 233 cm³/mol. The van der Waals surface area contributed by atoms with Crippen LogP contribution in [-0.4, -0.2) is 102 Å². The quantitative estimate of drug-likeness (QED) is 0.134. The van der Waals surface area contributed by atoms with Gasteiger partial charge in [-0.3, -0.25) is 19.2 Å². The van der Waals surface area contributed by atoms with Gasteiger partial charge < -0.3 is 50.5 Å². The lowest BCUT2D eigenvalue weighted by atomic mass is 10.0. The van der Waals surface area contributed by atoms with Crippen LogP contribution in [0.4, 0.5) is 26.7 Å². The molecule has 0 aromatic heterocycles. The van der Waals surface area contributed by atoms with Gasteiger partial charge in [0.1, 0.15) is 29.9 Å².